The third-order valence-electron chi connectivity index (χ3n) is 4.68. The fourth-order valence-electron chi connectivity index (χ4n) is 2.95. The average Bonchev–Trinajstić information content (AvgIpc) is 2.69. The number of halogens is 4. The lowest BCUT2D eigenvalue weighted by molar-refractivity contribution is -0.137. The number of hydrogen-bond acceptors (Lipinski definition) is 3. The second kappa shape index (κ2) is 11.3. The first-order valence-corrected chi connectivity index (χ1v) is 10.2. The molecule has 0 aliphatic rings. The van der Waals surface area contributed by atoms with Crippen molar-refractivity contribution in [2.24, 2.45) is 0 Å². The van der Waals surface area contributed by atoms with E-state index in [1.165, 1.54) is 12.1 Å². The number of hydrogen-bond donors (Lipinski definition) is 3. The smallest absolute Gasteiger partial charge is 0.387 e. The summed E-state index contributed by atoms with van der Waals surface area (Å²) < 4.78 is 37.6. The predicted octanol–water partition coefficient (Wildman–Crippen LogP) is 5.57. The van der Waals surface area contributed by atoms with Gasteiger partial charge in [-0.1, -0.05) is 30.2 Å². The Bertz CT molecular complexity index is 813. The predicted molar refractivity (Wildman–Crippen MR) is 112 cm³/mol. The van der Waals surface area contributed by atoms with Crippen molar-refractivity contribution in [3.63, 3.8) is 0 Å². The molecule has 0 spiro atoms. The van der Waals surface area contributed by atoms with Crippen LogP contribution in [-0.2, 0) is 11.0 Å². The molecule has 2 rings (SSSR count). The number of anilines is 1. The van der Waals surface area contributed by atoms with Gasteiger partial charge < -0.3 is 15.7 Å². The number of aliphatic hydroxyl groups is 1. The second-order valence-electron chi connectivity index (χ2n) is 7.25. The van der Waals surface area contributed by atoms with Crippen LogP contribution in [0.5, 0.6) is 0 Å². The Morgan fingerprint density at radius 1 is 1.13 bits per heavy atom. The van der Waals surface area contributed by atoms with E-state index in [0.29, 0.717) is 30.1 Å². The summed E-state index contributed by atoms with van der Waals surface area (Å²) in [5.41, 5.74) is 0.350. The molecule has 2 aromatic rings. The monoisotopic (exact) mass is 442 g/mol. The van der Waals surface area contributed by atoms with Gasteiger partial charge in [0.25, 0.3) is 0 Å². The quantitative estimate of drug-likeness (QED) is 0.421. The Labute approximate surface area is 179 Å². The van der Waals surface area contributed by atoms with Crippen LogP contribution in [0.3, 0.4) is 0 Å². The van der Waals surface area contributed by atoms with Crippen molar-refractivity contribution in [3.05, 3.63) is 64.7 Å². The molecule has 3 N–H and O–H groups in total. The molecule has 0 aliphatic heterocycles. The van der Waals surface area contributed by atoms with Gasteiger partial charge >= 0.3 is 6.18 Å². The molecule has 0 heterocycles. The van der Waals surface area contributed by atoms with E-state index in [4.69, 9.17) is 11.6 Å². The summed E-state index contributed by atoms with van der Waals surface area (Å²) in [6, 6.07) is 11.6. The van der Waals surface area contributed by atoms with Crippen molar-refractivity contribution in [2.75, 3.05) is 11.9 Å². The zero-order valence-electron chi connectivity index (χ0n) is 16.7. The van der Waals surface area contributed by atoms with Crippen molar-refractivity contribution >= 4 is 23.2 Å². The Morgan fingerprint density at radius 2 is 1.83 bits per heavy atom. The van der Waals surface area contributed by atoms with Gasteiger partial charge in [0.1, 0.15) is 0 Å². The molecule has 30 heavy (non-hydrogen) atoms. The van der Waals surface area contributed by atoms with E-state index < -0.39 is 17.8 Å². The number of rotatable bonds is 10. The number of carbonyl (C=O) groups is 1. The van der Waals surface area contributed by atoms with Crippen molar-refractivity contribution in [2.45, 2.75) is 50.9 Å². The fraction of sp³-hybridized carbons (Fsp3) is 0.409. The first kappa shape index (κ1) is 24.2. The van der Waals surface area contributed by atoms with Crippen LogP contribution in [0.25, 0.3) is 0 Å². The molecule has 0 aromatic heterocycles. The molecule has 0 saturated carbocycles. The molecule has 2 atom stereocenters. The van der Waals surface area contributed by atoms with Crippen LogP contribution in [0.4, 0.5) is 18.9 Å². The minimum Gasteiger partial charge on any atom is -0.387 e. The molecular formula is C22H26ClF3N2O2. The van der Waals surface area contributed by atoms with E-state index in [1.54, 1.807) is 18.2 Å². The number of amides is 1. The van der Waals surface area contributed by atoms with Gasteiger partial charge in [0.05, 0.1) is 11.7 Å². The molecular weight excluding hydrogens is 417 g/mol. The second-order valence-corrected chi connectivity index (χ2v) is 7.69. The van der Waals surface area contributed by atoms with Crippen molar-refractivity contribution in [1.29, 1.82) is 0 Å². The third kappa shape index (κ3) is 8.34. The van der Waals surface area contributed by atoms with E-state index in [2.05, 4.69) is 10.6 Å². The molecule has 0 radical (unpaired) electrons. The van der Waals surface area contributed by atoms with Crippen molar-refractivity contribution < 1.29 is 23.1 Å². The Morgan fingerprint density at radius 3 is 2.47 bits per heavy atom. The number of alkyl halides is 3. The lowest BCUT2D eigenvalue weighted by Gasteiger charge is -2.17. The summed E-state index contributed by atoms with van der Waals surface area (Å²) in [7, 11) is 0. The van der Waals surface area contributed by atoms with Gasteiger partial charge in [-0.2, -0.15) is 13.2 Å². The van der Waals surface area contributed by atoms with Gasteiger partial charge in [-0.3, -0.25) is 4.79 Å². The Hall–Kier alpha value is -2.09. The molecule has 164 valence electrons. The highest BCUT2D eigenvalue weighted by molar-refractivity contribution is 6.30. The number of carbonyl (C=O) groups excluding carboxylic acids is 1. The van der Waals surface area contributed by atoms with Crippen molar-refractivity contribution in [3.8, 4) is 0 Å². The zero-order valence-corrected chi connectivity index (χ0v) is 17.4. The van der Waals surface area contributed by atoms with Gasteiger partial charge in [0.15, 0.2) is 0 Å². The van der Waals surface area contributed by atoms with Crippen LogP contribution in [0.1, 0.15) is 49.8 Å². The summed E-state index contributed by atoms with van der Waals surface area (Å²) in [5.74, 6) is -0.230. The maximum absolute atomic E-state index is 12.5. The standard InChI is InChI=1S/C22H26ClF3N2O2/c1-15(27-14-20(29)16-6-4-7-18(23)13-16)5-2-3-8-21(30)28-19-11-9-17(10-12-19)22(24,25)26/h4,6-7,9-13,15,20,27,29H,2-3,5,8,14H2,1H3,(H,28,30). The van der Waals surface area contributed by atoms with Gasteiger partial charge in [-0.05, 0) is 61.7 Å². The van der Waals surface area contributed by atoms with Crippen LogP contribution in [0.2, 0.25) is 5.02 Å². The van der Waals surface area contributed by atoms with E-state index in [0.717, 1.165) is 30.5 Å². The van der Waals surface area contributed by atoms with Crippen LogP contribution < -0.4 is 10.6 Å². The third-order valence-corrected chi connectivity index (χ3v) is 4.92. The average molecular weight is 443 g/mol. The van der Waals surface area contributed by atoms with Gasteiger partial charge in [0, 0.05) is 29.7 Å². The Balaban J connectivity index is 1.62. The van der Waals surface area contributed by atoms with E-state index in [9.17, 15) is 23.1 Å². The summed E-state index contributed by atoms with van der Waals surface area (Å²) in [6.07, 6.45) is -2.45. The van der Waals surface area contributed by atoms with Crippen LogP contribution in [0, 0.1) is 0 Å². The van der Waals surface area contributed by atoms with Crippen LogP contribution in [0.15, 0.2) is 48.5 Å². The topological polar surface area (TPSA) is 61.4 Å². The number of benzene rings is 2. The maximum Gasteiger partial charge on any atom is 0.416 e. The molecule has 2 unspecified atom stereocenters. The number of unbranched alkanes of at least 4 members (excludes halogenated alkanes) is 1. The number of aliphatic hydroxyl groups excluding tert-OH is 1. The molecule has 2 aromatic carbocycles. The van der Waals surface area contributed by atoms with E-state index in [1.807, 2.05) is 13.0 Å². The molecule has 8 heteroatoms. The normalized spacial score (nSPS) is 13.7. The molecule has 0 bridgehead atoms. The summed E-state index contributed by atoms with van der Waals surface area (Å²) in [6.45, 7) is 2.41. The van der Waals surface area contributed by atoms with Gasteiger partial charge in [0.2, 0.25) is 5.91 Å². The highest BCUT2D eigenvalue weighted by Crippen LogP contribution is 2.29. The maximum atomic E-state index is 12.5. The van der Waals surface area contributed by atoms with Crippen molar-refractivity contribution in [1.82, 2.24) is 5.32 Å². The zero-order chi connectivity index (χ0) is 22.1. The van der Waals surface area contributed by atoms with E-state index in [-0.39, 0.29) is 11.9 Å². The van der Waals surface area contributed by atoms with Gasteiger partial charge in [-0.15, -0.1) is 0 Å². The minimum absolute atomic E-state index is 0.164. The first-order valence-electron chi connectivity index (χ1n) is 9.79. The highest BCUT2D eigenvalue weighted by Gasteiger charge is 2.29. The minimum atomic E-state index is -4.39. The highest BCUT2D eigenvalue weighted by atomic mass is 35.5. The molecule has 1 amide bonds. The van der Waals surface area contributed by atoms with Gasteiger partial charge in [-0.25, -0.2) is 0 Å². The molecule has 0 fully saturated rings. The fourth-order valence-corrected chi connectivity index (χ4v) is 3.15. The summed E-state index contributed by atoms with van der Waals surface area (Å²) in [4.78, 5) is 11.9. The number of nitrogens with one attached hydrogen (secondary N) is 2. The largest absolute Gasteiger partial charge is 0.416 e. The van der Waals surface area contributed by atoms with E-state index >= 15 is 0 Å². The summed E-state index contributed by atoms with van der Waals surface area (Å²) >= 11 is 5.93. The lowest BCUT2D eigenvalue weighted by atomic mass is 10.1. The lowest BCUT2D eigenvalue weighted by Crippen LogP contribution is -2.30. The SMILES string of the molecule is CC(CCCCC(=O)Nc1ccc(C(F)(F)F)cc1)NCC(O)c1cccc(Cl)c1. The first-order chi connectivity index (χ1) is 14.1. The molecule has 0 saturated heterocycles. The van der Waals surface area contributed by atoms with Crippen LogP contribution >= 0.6 is 11.6 Å². The Kier molecular flexibility index (Phi) is 9.14. The summed E-state index contributed by atoms with van der Waals surface area (Å²) in [5, 5.41) is 16.6. The van der Waals surface area contributed by atoms with Crippen LogP contribution in [-0.4, -0.2) is 23.6 Å². The molecule has 0 aliphatic carbocycles. The molecule has 4 nitrogen and oxygen atoms in total.